The van der Waals surface area contributed by atoms with Gasteiger partial charge in [-0.1, -0.05) is 30.3 Å². The molecule has 120 valence electrons. The second kappa shape index (κ2) is 6.18. The number of aryl methyl sites for hydroxylation is 1. The molecule has 0 aliphatic carbocycles. The molecule has 0 amide bonds. The number of nitrogens with one attached hydrogen (secondary N) is 1. The van der Waals surface area contributed by atoms with E-state index in [-0.39, 0.29) is 0 Å². The van der Waals surface area contributed by atoms with Crippen LogP contribution in [0.15, 0.2) is 59.6 Å². The topological polar surface area (TPSA) is 53.2 Å². The quantitative estimate of drug-likeness (QED) is 0.781. The molecule has 23 heavy (non-hydrogen) atoms. The summed E-state index contributed by atoms with van der Waals surface area (Å²) < 4.78 is 26.7. The fourth-order valence-corrected chi connectivity index (χ4v) is 3.97. The minimum absolute atomic E-state index is 0.346. The van der Waals surface area contributed by atoms with Crippen molar-refractivity contribution in [3.63, 3.8) is 0 Å². The monoisotopic (exact) mass is 328 g/mol. The Kier molecular flexibility index (Phi) is 4.24. The molecule has 0 aliphatic heterocycles. The molecule has 3 rings (SSSR count). The van der Waals surface area contributed by atoms with Crippen LogP contribution in [-0.4, -0.2) is 31.3 Å². The van der Waals surface area contributed by atoms with Crippen LogP contribution in [0.2, 0.25) is 0 Å². The number of sulfonamides is 1. The Hall–Kier alpha value is -2.11. The highest BCUT2D eigenvalue weighted by Gasteiger charge is 2.20. The molecule has 5 heteroatoms. The summed E-state index contributed by atoms with van der Waals surface area (Å²) in [6.45, 7) is 2.34. The van der Waals surface area contributed by atoms with Gasteiger partial charge in [0.25, 0.3) is 0 Å². The van der Waals surface area contributed by atoms with E-state index < -0.39 is 10.0 Å². The molecule has 4 nitrogen and oxygen atoms in total. The van der Waals surface area contributed by atoms with Crippen molar-refractivity contribution < 1.29 is 8.42 Å². The van der Waals surface area contributed by atoms with Gasteiger partial charge >= 0.3 is 0 Å². The third-order valence-corrected chi connectivity index (χ3v) is 5.92. The Morgan fingerprint density at radius 3 is 2.65 bits per heavy atom. The predicted octanol–water partition coefficient (Wildman–Crippen LogP) is 3.34. The predicted molar refractivity (Wildman–Crippen MR) is 93.0 cm³/mol. The molecular formula is C18H20N2O2S. The number of H-pyrrole nitrogens is 1. The number of para-hydroxylation sites is 1. The summed E-state index contributed by atoms with van der Waals surface area (Å²) in [5.74, 6) is 0. The average Bonchev–Trinajstić information content (AvgIpc) is 2.95. The number of benzene rings is 2. The van der Waals surface area contributed by atoms with Crippen LogP contribution >= 0.6 is 0 Å². The van der Waals surface area contributed by atoms with E-state index in [9.17, 15) is 8.42 Å². The molecule has 0 aliphatic rings. The van der Waals surface area contributed by atoms with E-state index in [0.717, 1.165) is 22.0 Å². The zero-order chi connectivity index (χ0) is 16.4. The van der Waals surface area contributed by atoms with E-state index in [1.807, 2.05) is 37.4 Å². The van der Waals surface area contributed by atoms with Crippen LogP contribution in [0.25, 0.3) is 10.9 Å². The standard InChI is InChI=1S/C18H20N2O2S/c1-14-6-5-7-16(12-14)23(21,22)20(2)11-10-15-13-19-18-9-4-3-8-17(15)18/h3-9,12-13,19H,10-11H2,1-2H3. The van der Waals surface area contributed by atoms with E-state index in [1.54, 1.807) is 25.2 Å². The minimum atomic E-state index is -3.44. The number of likely N-dealkylation sites (N-methyl/N-ethyl adjacent to an activating group) is 1. The average molecular weight is 328 g/mol. The maximum Gasteiger partial charge on any atom is 0.242 e. The molecule has 1 N–H and O–H groups in total. The Labute approximate surface area is 136 Å². The van der Waals surface area contributed by atoms with Crippen molar-refractivity contribution in [2.75, 3.05) is 13.6 Å². The number of nitrogens with zero attached hydrogens (tertiary/aromatic N) is 1. The van der Waals surface area contributed by atoms with Crippen LogP contribution in [0.5, 0.6) is 0 Å². The summed E-state index contributed by atoms with van der Waals surface area (Å²) in [5, 5.41) is 1.15. The van der Waals surface area contributed by atoms with Crippen molar-refractivity contribution >= 4 is 20.9 Å². The molecule has 0 bridgehead atoms. The number of aromatic nitrogens is 1. The number of hydrogen-bond acceptors (Lipinski definition) is 2. The van der Waals surface area contributed by atoms with Crippen LogP contribution in [0.1, 0.15) is 11.1 Å². The number of rotatable bonds is 5. The maximum atomic E-state index is 12.6. The number of fused-ring (bicyclic) bond motifs is 1. The molecule has 1 heterocycles. The van der Waals surface area contributed by atoms with Crippen LogP contribution in [0.3, 0.4) is 0 Å². The summed E-state index contributed by atoms with van der Waals surface area (Å²) in [7, 11) is -1.81. The normalized spacial score (nSPS) is 12.1. The molecular weight excluding hydrogens is 308 g/mol. The van der Waals surface area contributed by atoms with Gasteiger partial charge in [-0.05, 0) is 42.7 Å². The smallest absolute Gasteiger partial charge is 0.242 e. The maximum absolute atomic E-state index is 12.6. The molecule has 0 atom stereocenters. The van der Waals surface area contributed by atoms with Crippen molar-refractivity contribution in [1.82, 2.24) is 9.29 Å². The summed E-state index contributed by atoms with van der Waals surface area (Å²) in [4.78, 5) is 3.57. The van der Waals surface area contributed by atoms with Crippen molar-refractivity contribution in [2.45, 2.75) is 18.2 Å². The van der Waals surface area contributed by atoms with Crippen LogP contribution < -0.4 is 0 Å². The molecule has 1 aromatic heterocycles. The van der Waals surface area contributed by atoms with Gasteiger partial charge in [0.15, 0.2) is 0 Å². The third-order valence-electron chi connectivity index (χ3n) is 4.07. The lowest BCUT2D eigenvalue weighted by Crippen LogP contribution is -2.29. The highest BCUT2D eigenvalue weighted by Crippen LogP contribution is 2.20. The van der Waals surface area contributed by atoms with Crippen molar-refractivity contribution in [2.24, 2.45) is 0 Å². The molecule has 0 radical (unpaired) electrons. The van der Waals surface area contributed by atoms with Gasteiger partial charge in [0.05, 0.1) is 4.90 Å². The Bertz CT molecular complexity index is 929. The van der Waals surface area contributed by atoms with Gasteiger partial charge in [-0.25, -0.2) is 12.7 Å². The fourth-order valence-electron chi connectivity index (χ4n) is 2.69. The summed E-state index contributed by atoms with van der Waals surface area (Å²) >= 11 is 0. The van der Waals surface area contributed by atoms with Crippen molar-refractivity contribution in [3.05, 3.63) is 65.9 Å². The van der Waals surface area contributed by atoms with E-state index in [2.05, 4.69) is 11.1 Å². The largest absolute Gasteiger partial charge is 0.361 e. The lowest BCUT2D eigenvalue weighted by atomic mass is 10.1. The van der Waals surface area contributed by atoms with Gasteiger partial charge in [-0.3, -0.25) is 0 Å². The van der Waals surface area contributed by atoms with E-state index in [0.29, 0.717) is 17.9 Å². The van der Waals surface area contributed by atoms with Crippen LogP contribution in [-0.2, 0) is 16.4 Å². The highest BCUT2D eigenvalue weighted by molar-refractivity contribution is 7.89. The third kappa shape index (κ3) is 3.16. The first kappa shape index (κ1) is 15.8. The Balaban J connectivity index is 1.77. The van der Waals surface area contributed by atoms with Gasteiger partial charge < -0.3 is 4.98 Å². The number of aromatic amines is 1. The van der Waals surface area contributed by atoms with E-state index in [1.165, 1.54) is 4.31 Å². The summed E-state index contributed by atoms with van der Waals surface area (Å²) in [6.07, 6.45) is 2.63. The van der Waals surface area contributed by atoms with E-state index in [4.69, 9.17) is 0 Å². The van der Waals surface area contributed by atoms with Gasteiger partial charge in [0, 0.05) is 30.7 Å². The molecule has 3 aromatic rings. The van der Waals surface area contributed by atoms with Crippen molar-refractivity contribution in [1.29, 1.82) is 0 Å². The fraction of sp³-hybridized carbons (Fsp3) is 0.222. The van der Waals surface area contributed by atoms with Crippen LogP contribution in [0, 0.1) is 6.92 Å². The SMILES string of the molecule is Cc1cccc(S(=O)(=O)N(C)CCc2c[nH]c3ccccc23)c1. The number of hydrogen-bond donors (Lipinski definition) is 1. The lowest BCUT2D eigenvalue weighted by Gasteiger charge is -2.17. The molecule has 0 unspecified atom stereocenters. The Morgan fingerprint density at radius 1 is 1.09 bits per heavy atom. The molecule has 0 saturated heterocycles. The first-order valence-electron chi connectivity index (χ1n) is 7.56. The second-order valence-corrected chi connectivity index (χ2v) is 7.80. The van der Waals surface area contributed by atoms with Gasteiger partial charge in [0.2, 0.25) is 10.0 Å². The molecule has 0 fully saturated rings. The second-order valence-electron chi connectivity index (χ2n) is 5.75. The van der Waals surface area contributed by atoms with Gasteiger partial charge in [-0.2, -0.15) is 0 Å². The van der Waals surface area contributed by atoms with Crippen molar-refractivity contribution in [3.8, 4) is 0 Å². The minimum Gasteiger partial charge on any atom is -0.361 e. The molecule has 2 aromatic carbocycles. The first-order chi connectivity index (χ1) is 11.0. The van der Waals surface area contributed by atoms with Gasteiger partial charge in [-0.15, -0.1) is 0 Å². The highest BCUT2D eigenvalue weighted by atomic mass is 32.2. The van der Waals surface area contributed by atoms with E-state index >= 15 is 0 Å². The van der Waals surface area contributed by atoms with Crippen LogP contribution in [0.4, 0.5) is 0 Å². The zero-order valence-electron chi connectivity index (χ0n) is 13.3. The molecule has 0 saturated carbocycles. The molecule has 0 spiro atoms. The lowest BCUT2D eigenvalue weighted by molar-refractivity contribution is 0.473. The van der Waals surface area contributed by atoms with Gasteiger partial charge in [0.1, 0.15) is 0 Å². The summed E-state index contributed by atoms with van der Waals surface area (Å²) in [5.41, 5.74) is 3.15. The Morgan fingerprint density at radius 2 is 1.87 bits per heavy atom. The zero-order valence-corrected chi connectivity index (χ0v) is 14.1. The first-order valence-corrected chi connectivity index (χ1v) is 9.00. The summed E-state index contributed by atoms with van der Waals surface area (Å²) in [6, 6.07) is 15.1.